The second kappa shape index (κ2) is 8.91. The Morgan fingerprint density at radius 3 is 2.07 bits per heavy atom. The zero-order valence-electron chi connectivity index (χ0n) is 14.8. The van der Waals surface area contributed by atoms with Crippen LogP contribution in [0.1, 0.15) is 16.5 Å². The van der Waals surface area contributed by atoms with Crippen molar-refractivity contribution in [2.45, 2.75) is 16.9 Å². The molecule has 1 N–H and O–H groups in total. The maximum Gasteiger partial charge on any atom is 0.408 e. The molecule has 0 aliphatic carbocycles. The van der Waals surface area contributed by atoms with Crippen molar-refractivity contribution in [2.24, 2.45) is 0 Å². The van der Waals surface area contributed by atoms with Crippen LogP contribution in [0.25, 0.3) is 0 Å². The van der Waals surface area contributed by atoms with Crippen LogP contribution in [0.15, 0.2) is 89.8 Å². The van der Waals surface area contributed by atoms with Gasteiger partial charge in [0.25, 0.3) is 0 Å². The minimum absolute atomic E-state index is 0.0331. The number of alkyl carbamates (subject to hydrolysis) is 1. The molecule has 0 saturated heterocycles. The quantitative estimate of drug-likeness (QED) is 0.631. The van der Waals surface area contributed by atoms with Crippen molar-refractivity contribution in [3.8, 4) is 0 Å². The monoisotopic (exact) mass is 415 g/mol. The summed E-state index contributed by atoms with van der Waals surface area (Å²) in [5, 5.41) is 1.62. The maximum absolute atomic E-state index is 13.1. The Bertz CT molecular complexity index is 1020. The van der Waals surface area contributed by atoms with Crippen molar-refractivity contribution in [1.29, 1.82) is 0 Å². The third-order valence-electron chi connectivity index (χ3n) is 4.02. The fourth-order valence-corrected chi connectivity index (χ4v) is 4.30. The van der Waals surface area contributed by atoms with Gasteiger partial charge in [-0.1, -0.05) is 72.3 Å². The first-order valence-corrected chi connectivity index (χ1v) is 10.4. The van der Waals surface area contributed by atoms with Gasteiger partial charge in [-0.15, -0.1) is 0 Å². The lowest BCUT2D eigenvalue weighted by Gasteiger charge is -2.20. The summed E-state index contributed by atoms with van der Waals surface area (Å²) in [6.45, 7) is 0.0331. The zero-order valence-corrected chi connectivity index (χ0v) is 16.4. The Balaban J connectivity index is 1.84. The standard InChI is InChI=1S/C21H18ClNO4S/c22-18-13-11-17(12-14-18)20(28(25,26)19-9-5-2-6-10-19)23-21(24)27-15-16-7-3-1-4-8-16/h1-14,20H,15H2,(H,23,24). The number of carbonyl (C=O) groups excluding carboxylic acids is 1. The summed E-state index contributed by atoms with van der Waals surface area (Å²) in [6.07, 6.45) is -0.830. The fraction of sp³-hybridized carbons (Fsp3) is 0.0952. The highest BCUT2D eigenvalue weighted by Gasteiger charge is 2.31. The van der Waals surface area contributed by atoms with Gasteiger partial charge in [0.2, 0.25) is 9.84 Å². The van der Waals surface area contributed by atoms with E-state index in [0.29, 0.717) is 10.6 Å². The van der Waals surface area contributed by atoms with Crippen molar-refractivity contribution in [3.05, 3.63) is 101 Å². The third kappa shape index (κ3) is 4.91. The molecule has 0 spiro atoms. The van der Waals surface area contributed by atoms with E-state index < -0.39 is 21.3 Å². The SMILES string of the molecule is O=C(NC(c1ccc(Cl)cc1)S(=O)(=O)c1ccccc1)OCc1ccccc1. The third-order valence-corrected chi connectivity index (χ3v) is 6.21. The molecule has 5 nitrogen and oxygen atoms in total. The molecule has 1 unspecified atom stereocenters. The van der Waals surface area contributed by atoms with E-state index >= 15 is 0 Å². The predicted octanol–water partition coefficient (Wildman–Crippen LogP) is 4.74. The number of halogens is 1. The molecule has 0 heterocycles. The summed E-state index contributed by atoms with van der Waals surface area (Å²) in [7, 11) is -3.90. The molecule has 0 aromatic heterocycles. The van der Waals surface area contributed by atoms with E-state index in [9.17, 15) is 13.2 Å². The molecule has 0 aliphatic heterocycles. The first-order valence-electron chi connectivity index (χ1n) is 8.48. The van der Waals surface area contributed by atoms with Crippen LogP contribution in [0.5, 0.6) is 0 Å². The summed E-state index contributed by atoms with van der Waals surface area (Å²) in [5.74, 6) is 0. The summed E-state index contributed by atoms with van der Waals surface area (Å²) < 4.78 is 31.4. The number of amides is 1. The number of nitrogens with one attached hydrogen (secondary N) is 1. The summed E-state index contributed by atoms with van der Waals surface area (Å²) >= 11 is 5.91. The molecule has 0 saturated carbocycles. The molecule has 0 radical (unpaired) electrons. The van der Waals surface area contributed by atoms with Crippen LogP contribution in [0.2, 0.25) is 5.02 Å². The molecule has 1 amide bonds. The van der Waals surface area contributed by atoms with Gasteiger partial charge in [-0.25, -0.2) is 13.2 Å². The highest BCUT2D eigenvalue weighted by molar-refractivity contribution is 7.91. The van der Waals surface area contributed by atoms with Crippen molar-refractivity contribution < 1.29 is 17.9 Å². The second-order valence-electron chi connectivity index (χ2n) is 6.00. The van der Waals surface area contributed by atoms with Gasteiger partial charge in [0.15, 0.2) is 5.37 Å². The van der Waals surface area contributed by atoms with Crippen LogP contribution in [-0.2, 0) is 21.2 Å². The van der Waals surface area contributed by atoms with Gasteiger partial charge in [-0.05, 0) is 35.4 Å². The number of sulfone groups is 1. The van der Waals surface area contributed by atoms with E-state index in [4.69, 9.17) is 16.3 Å². The minimum atomic E-state index is -3.90. The van der Waals surface area contributed by atoms with Crippen LogP contribution < -0.4 is 5.32 Å². The van der Waals surface area contributed by atoms with E-state index in [1.165, 1.54) is 12.1 Å². The molecule has 7 heteroatoms. The lowest BCUT2D eigenvalue weighted by atomic mass is 10.2. The Hall–Kier alpha value is -2.83. The minimum Gasteiger partial charge on any atom is -0.445 e. The van der Waals surface area contributed by atoms with E-state index in [1.807, 2.05) is 30.3 Å². The highest BCUT2D eigenvalue weighted by atomic mass is 35.5. The van der Waals surface area contributed by atoms with Gasteiger partial charge < -0.3 is 10.1 Å². The van der Waals surface area contributed by atoms with E-state index in [-0.39, 0.29) is 11.5 Å². The summed E-state index contributed by atoms with van der Waals surface area (Å²) in [6, 6.07) is 23.3. The lowest BCUT2D eigenvalue weighted by molar-refractivity contribution is 0.138. The van der Waals surface area contributed by atoms with Crippen molar-refractivity contribution in [1.82, 2.24) is 5.32 Å². The molecule has 0 aliphatic rings. The average Bonchev–Trinajstić information content (AvgIpc) is 2.72. The Morgan fingerprint density at radius 2 is 1.46 bits per heavy atom. The zero-order chi connectivity index (χ0) is 20.0. The van der Waals surface area contributed by atoms with Crippen molar-refractivity contribution in [2.75, 3.05) is 0 Å². The van der Waals surface area contributed by atoms with Gasteiger partial charge >= 0.3 is 6.09 Å². The number of carbonyl (C=O) groups is 1. The summed E-state index contributed by atoms with van der Waals surface area (Å²) in [4.78, 5) is 12.4. The Labute approximate surface area is 168 Å². The van der Waals surface area contributed by atoms with Crippen LogP contribution >= 0.6 is 11.6 Å². The molecule has 1 atom stereocenters. The molecule has 144 valence electrons. The molecular formula is C21H18ClNO4S. The first kappa shape index (κ1) is 19.9. The number of rotatable bonds is 6. The molecule has 0 bridgehead atoms. The van der Waals surface area contributed by atoms with Crippen LogP contribution in [-0.4, -0.2) is 14.5 Å². The van der Waals surface area contributed by atoms with Gasteiger partial charge in [0.1, 0.15) is 6.61 Å². The molecule has 3 rings (SSSR count). The molecule has 3 aromatic rings. The number of benzene rings is 3. The van der Waals surface area contributed by atoms with Crippen LogP contribution in [0, 0.1) is 0 Å². The van der Waals surface area contributed by atoms with E-state index in [0.717, 1.165) is 5.56 Å². The van der Waals surface area contributed by atoms with Gasteiger partial charge in [0.05, 0.1) is 4.90 Å². The highest BCUT2D eigenvalue weighted by Crippen LogP contribution is 2.27. The van der Waals surface area contributed by atoms with E-state index in [1.54, 1.807) is 42.5 Å². The summed E-state index contributed by atoms with van der Waals surface area (Å²) in [5.41, 5.74) is 1.18. The second-order valence-corrected chi connectivity index (χ2v) is 8.46. The number of hydrogen-bond donors (Lipinski definition) is 1. The van der Waals surface area contributed by atoms with Gasteiger partial charge in [-0.3, -0.25) is 0 Å². The Kier molecular flexibility index (Phi) is 6.34. The predicted molar refractivity (Wildman–Crippen MR) is 108 cm³/mol. The van der Waals surface area contributed by atoms with Crippen LogP contribution in [0.3, 0.4) is 0 Å². The Morgan fingerprint density at radius 1 is 0.893 bits per heavy atom. The first-order chi connectivity index (χ1) is 13.5. The molecule has 28 heavy (non-hydrogen) atoms. The fourth-order valence-electron chi connectivity index (χ4n) is 2.60. The van der Waals surface area contributed by atoms with Crippen molar-refractivity contribution in [3.63, 3.8) is 0 Å². The van der Waals surface area contributed by atoms with Crippen molar-refractivity contribution >= 4 is 27.5 Å². The topological polar surface area (TPSA) is 72.5 Å². The van der Waals surface area contributed by atoms with Gasteiger partial charge in [0, 0.05) is 5.02 Å². The normalized spacial score (nSPS) is 12.2. The maximum atomic E-state index is 13.1. The smallest absolute Gasteiger partial charge is 0.408 e. The number of hydrogen-bond acceptors (Lipinski definition) is 4. The molecule has 3 aromatic carbocycles. The molecular weight excluding hydrogens is 398 g/mol. The molecule has 0 fully saturated rings. The lowest BCUT2D eigenvalue weighted by Crippen LogP contribution is -2.34. The van der Waals surface area contributed by atoms with Crippen LogP contribution in [0.4, 0.5) is 4.79 Å². The van der Waals surface area contributed by atoms with E-state index in [2.05, 4.69) is 5.32 Å². The van der Waals surface area contributed by atoms with Gasteiger partial charge in [-0.2, -0.15) is 0 Å². The number of ether oxygens (including phenoxy) is 1. The average molecular weight is 416 g/mol. The largest absolute Gasteiger partial charge is 0.445 e.